The lowest BCUT2D eigenvalue weighted by Crippen LogP contribution is -2.04. The first-order chi connectivity index (χ1) is 6.07. The molecule has 1 N–H and O–H groups in total. The van der Waals surface area contributed by atoms with E-state index in [1.165, 1.54) is 0 Å². The summed E-state index contributed by atoms with van der Waals surface area (Å²) in [6.07, 6.45) is -2.67. The predicted molar refractivity (Wildman–Crippen MR) is 35.0 cm³/mol. The van der Waals surface area contributed by atoms with E-state index in [0.717, 1.165) is 0 Å². The van der Waals surface area contributed by atoms with Gasteiger partial charge >= 0.3 is 0 Å². The summed E-state index contributed by atoms with van der Waals surface area (Å²) >= 11 is 0. The van der Waals surface area contributed by atoms with Crippen LogP contribution in [0.25, 0.3) is 0 Å². The Kier molecular flexibility index (Phi) is 2.82. The minimum absolute atomic E-state index is 0.357. The van der Waals surface area contributed by atoms with Crippen molar-refractivity contribution in [2.45, 2.75) is 13.0 Å². The third-order valence-electron chi connectivity index (χ3n) is 1.47. The zero-order chi connectivity index (χ0) is 10.0. The number of alkyl halides is 2. The van der Waals surface area contributed by atoms with Crippen LogP contribution in [0.15, 0.2) is 6.20 Å². The minimum atomic E-state index is -3.03. The van der Waals surface area contributed by atoms with Crippen LogP contribution in [-0.2, 0) is 6.61 Å². The lowest BCUT2D eigenvalue weighted by molar-refractivity contribution is 0.140. The number of aliphatic hydroxyl groups is 1. The second-order valence-corrected chi connectivity index (χ2v) is 2.24. The van der Waals surface area contributed by atoms with Gasteiger partial charge in [0.25, 0.3) is 6.43 Å². The maximum absolute atomic E-state index is 12.7. The highest BCUT2D eigenvalue weighted by Crippen LogP contribution is 2.23. The highest BCUT2D eigenvalue weighted by atomic mass is 19.3. The Morgan fingerprint density at radius 1 is 1.38 bits per heavy atom. The van der Waals surface area contributed by atoms with Crippen LogP contribution < -0.4 is 0 Å². The minimum Gasteiger partial charge on any atom is -0.391 e. The number of hydrogen-bond acceptors (Lipinski definition) is 2. The van der Waals surface area contributed by atoms with E-state index in [0.29, 0.717) is 6.20 Å². The fourth-order valence-electron chi connectivity index (χ4n) is 0.856. The van der Waals surface area contributed by atoms with Crippen LogP contribution >= 0.6 is 0 Å². The molecule has 0 radical (unpaired) electrons. The summed E-state index contributed by atoms with van der Waals surface area (Å²) in [5.41, 5.74) is -1.73. The standard InChI is InChI=1S/C7H5F4NO/c8-4-1-12-6(7(10)11)3(2-13)5(4)9/h1,7,13H,2H2. The summed E-state index contributed by atoms with van der Waals surface area (Å²) in [7, 11) is 0. The average molecular weight is 195 g/mol. The molecular formula is C7H5F4NO. The van der Waals surface area contributed by atoms with Gasteiger partial charge in [-0.1, -0.05) is 0 Å². The van der Waals surface area contributed by atoms with E-state index in [1.54, 1.807) is 0 Å². The Balaban J connectivity index is 3.30. The van der Waals surface area contributed by atoms with Crippen molar-refractivity contribution in [3.8, 4) is 0 Å². The van der Waals surface area contributed by atoms with Crippen molar-refractivity contribution < 1.29 is 22.7 Å². The van der Waals surface area contributed by atoms with Crippen LogP contribution in [0.5, 0.6) is 0 Å². The normalized spacial score (nSPS) is 10.9. The molecule has 1 rings (SSSR count). The molecule has 13 heavy (non-hydrogen) atoms. The Morgan fingerprint density at radius 3 is 2.46 bits per heavy atom. The lowest BCUT2D eigenvalue weighted by Gasteiger charge is -2.06. The molecule has 0 fully saturated rings. The summed E-state index contributed by atoms with van der Waals surface area (Å²) in [6, 6.07) is 0. The third-order valence-corrected chi connectivity index (χ3v) is 1.47. The Hall–Kier alpha value is -1.17. The molecule has 1 heterocycles. The van der Waals surface area contributed by atoms with Gasteiger partial charge in [-0.3, -0.25) is 4.98 Å². The van der Waals surface area contributed by atoms with Crippen molar-refractivity contribution in [2.24, 2.45) is 0 Å². The number of aromatic nitrogens is 1. The molecule has 2 nitrogen and oxygen atoms in total. The van der Waals surface area contributed by atoms with Gasteiger partial charge in [0.1, 0.15) is 5.69 Å². The van der Waals surface area contributed by atoms with E-state index in [1.807, 2.05) is 0 Å². The third kappa shape index (κ3) is 1.77. The van der Waals surface area contributed by atoms with Crippen LogP contribution in [-0.4, -0.2) is 10.1 Å². The van der Waals surface area contributed by atoms with Crippen LogP contribution in [0.2, 0.25) is 0 Å². The molecule has 1 aromatic rings. The van der Waals surface area contributed by atoms with Gasteiger partial charge in [-0.2, -0.15) is 0 Å². The Morgan fingerprint density at radius 2 is 2.00 bits per heavy atom. The second-order valence-electron chi connectivity index (χ2n) is 2.24. The maximum atomic E-state index is 12.7. The maximum Gasteiger partial charge on any atom is 0.280 e. The number of rotatable bonds is 2. The van der Waals surface area contributed by atoms with E-state index in [2.05, 4.69) is 4.98 Å². The van der Waals surface area contributed by atoms with Gasteiger partial charge in [0, 0.05) is 5.56 Å². The lowest BCUT2D eigenvalue weighted by atomic mass is 10.2. The van der Waals surface area contributed by atoms with Crippen LogP contribution in [0.1, 0.15) is 17.7 Å². The highest BCUT2D eigenvalue weighted by Gasteiger charge is 2.20. The Bertz CT molecular complexity index is 316. The first-order valence-corrected chi connectivity index (χ1v) is 3.29. The van der Waals surface area contributed by atoms with Gasteiger partial charge in [-0.05, 0) is 0 Å². The second kappa shape index (κ2) is 3.69. The molecule has 0 aliphatic carbocycles. The average Bonchev–Trinajstić information content (AvgIpc) is 2.09. The molecule has 0 bridgehead atoms. The first-order valence-electron chi connectivity index (χ1n) is 3.29. The molecule has 0 spiro atoms. The van der Waals surface area contributed by atoms with E-state index in [4.69, 9.17) is 5.11 Å². The van der Waals surface area contributed by atoms with E-state index < -0.39 is 35.9 Å². The van der Waals surface area contributed by atoms with Crippen LogP contribution in [0.3, 0.4) is 0 Å². The number of nitrogens with zero attached hydrogens (tertiary/aromatic N) is 1. The highest BCUT2D eigenvalue weighted by molar-refractivity contribution is 5.22. The number of pyridine rings is 1. The Labute approximate surface area is 70.8 Å². The summed E-state index contributed by atoms with van der Waals surface area (Å²) in [5.74, 6) is -2.83. The summed E-state index contributed by atoms with van der Waals surface area (Å²) < 4.78 is 49.3. The fraction of sp³-hybridized carbons (Fsp3) is 0.286. The van der Waals surface area contributed by atoms with Gasteiger partial charge in [-0.25, -0.2) is 17.6 Å². The molecule has 0 unspecified atom stereocenters. The SMILES string of the molecule is OCc1c(C(F)F)ncc(F)c1F. The van der Waals surface area contributed by atoms with Gasteiger partial charge in [0.05, 0.1) is 12.8 Å². The van der Waals surface area contributed by atoms with Crippen molar-refractivity contribution in [2.75, 3.05) is 0 Å². The molecule has 0 aromatic carbocycles. The molecule has 0 saturated carbocycles. The zero-order valence-corrected chi connectivity index (χ0v) is 6.27. The van der Waals surface area contributed by atoms with Crippen LogP contribution in [0, 0.1) is 11.6 Å². The monoisotopic (exact) mass is 195 g/mol. The van der Waals surface area contributed by atoms with E-state index in [9.17, 15) is 17.6 Å². The van der Waals surface area contributed by atoms with Crippen LogP contribution in [0.4, 0.5) is 17.6 Å². The van der Waals surface area contributed by atoms with E-state index >= 15 is 0 Å². The fourth-order valence-corrected chi connectivity index (χ4v) is 0.856. The zero-order valence-electron chi connectivity index (χ0n) is 6.27. The molecule has 6 heteroatoms. The predicted octanol–water partition coefficient (Wildman–Crippen LogP) is 1.79. The molecule has 0 aliphatic rings. The van der Waals surface area contributed by atoms with Gasteiger partial charge in [0.15, 0.2) is 11.6 Å². The van der Waals surface area contributed by atoms with Gasteiger partial charge in [0.2, 0.25) is 0 Å². The van der Waals surface area contributed by atoms with Crippen molar-refractivity contribution >= 4 is 0 Å². The quantitative estimate of drug-likeness (QED) is 0.729. The molecule has 0 aliphatic heterocycles. The summed E-state index contributed by atoms with van der Waals surface area (Å²) in [6.45, 7) is -1.00. The van der Waals surface area contributed by atoms with Crippen molar-refractivity contribution in [3.63, 3.8) is 0 Å². The van der Waals surface area contributed by atoms with Crippen molar-refractivity contribution in [1.29, 1.82) is 0 Å². The van der Waals surface area contributed by atoms with Crippen molar-refractivity contribution in [1.82, 2.24) is 4.98 Å². The van der Waals surface area contributed by atoms with Gasteiger partial charge in [-0.15, -0.1) is 0 Å². The summed E-state index contributed by atoms with van der Waals surface area (Å²) in [5, 5.41) is 8.49. The van der Waals surface area contributed by atoms with E-state index in [-0.39, 0.29) is 0 Å². The van der Waals surface area contributed by atoms with Gasteiger partial charge < -0.3 is 5.11 Å². The molecule has 72 valence electrons. The molecule has 1 aromatic heterocycles. The molecule has 0 amide bonds. The molecule has 0 saturated heterocycles. The topological polar surface area (TPSA) is 33.1 Å². The molecular weight excluding hydrogens is 190 g/mol. The number of hydrogen-bond donors (Lipinski definition) is 1. The first kappa shape index (κ1) is 9.91. The number of aliphatic hydroxyl groups excluding tert-OH is 1. The smallest absolute Gasteiger partial charge is 0.280 e. The number of halogens is 4. The largest absolute Gasteiger partial charge is 0.391 e. The van der Waals surface area contributed by atoms with Crippen molar-refractivity contribution in [3.05, 3.63) is 29.1 Å². The molecule has 0 atom stereocenters. The summed E-state index contributed by atoms with van der Waals surface area (Å²) in [4.78, 5) is 2.98.